The van der Waals surface area contributed by atoms with Gasteiger partial charge in [0.05, 0.1) is 6.10 Å². The summed E-state index contributed by atoms with van der Waals surface area (Å²) in [6, 6.07) is 4.72. The lowest BCUT2D eigenvalue weighted by Gasteiger charge is -2.34. The standard InChI is InChI=1S/C15H22FNO/c1-3-12-6-8-17(9-7-12)15-5-4-13(16)10-14(15)11(2)18/h4-5,10-12,18H,3,6-9H2,1-2H3/t11-/m1/s1. The van der Waals surface area contributed by atoms with Crippen molar-refractivity contribution in [2.75, 3.05) is 18.0 Å². The van der Waals surface area contributed by atoms with Gasteiger partial charge in [-0.25, -0.2) is 4.39 Å². The number of rotatable bonds is 3. The summed E-state index contributed by atoms with van der Waals surface area (Å²) in [5, 5.41) is 9.76. The first kappa shape index (κ1) is 13.3. The molecule has 1 N–H and O–H groups in total. The molecule has 0 saturated carbocycles. The van der Waals surface area contributed by atoms with Gasteiger partial charge in [-0.3, -0.25) is 0 Å². The smallest absolute Gasteiger partial charge is 0.123 e. The summed E-state index contributed by atoms with van der Waals surface area (Å²) in [5.41, 5.74) is 1.69. The van der Waals surface area contributed by atoms with E-state index >= 15 is 0 Å². The fourth-order valence-electron chi connectivity index (χ4n) is 2.73. The molecule has 0 aliphatic carbocycles. The number of benzene rings is 1. The summed E-state index contributed by atoms with van der Waals surface area (Å²) >= 11 is 0. The van der Waals surface area contributed by atoms with E-state index in [0.29, 0.717) is 5.56 Å². The maximum Gasteiger partial charge on any atom is 0.123 e. The maximum atomic E-state index is 13.3. The highest BCUT2D eigenvalue weighted by molar-refractivity contribution is 5.55. The van der Waals surface area contributed by atoms with Gasteiger partial charge in [0.25, 0.3) is 0 Å². The maximum absolute atomic E-state index is 13.3. The topological polar surface area (TPSA) is 23.5 Å². The number of halogens is 1. The Balaban J connectivity index is 2.18. The Hall–Kier alpha value is -1.09. The summed E-state index contributed by atoms with van der Waals surface area (Å²) in [6.07, 6.45) is 2.99. The van der Waals surface area contributed by atoms with Crippen LogP contribution in [0.5, 0.6) is 0 Å². The number of nitrogens with zero attached hydrogens (tertiary/aromatic N) is 1. The first-order chi connectivity index (χ1) is 8.61. The van der Waals surface area contributed by atoms with Crippen molar-refractivity contribution in [1.82, 2.24) is 0 Å². The van der Waals surface area contributed by atoms with Gasteiger partial charge in [-0.15, -0.1) is 0 Å². The first-order valence-electron chi connectivity index (χ1n) is 6.84. The van der Waals surface area contributed by atoms with E-state index in [1.165, 1.54) is 31.4 Å². The van der Waals surface area contributed by atoms with Crippen LogP contribution in [-0.4, -0.2) is 18.2 Å². The minimum absolute atomic E-state index is 0.280. The van der Waals surface area contributed by atoms with E-state index in [0.717, 1.165) is 24.7 Å². The molecule has 1 aromatic carbocycles. The van der Waals surface area contributed by atoms with Crippen LogP contribution in [0, 0.1) is 11.7 Å². The van der Waals surface area contributed by atoms with Crippen LogP contribution in [0.4, 0.5) is 10.1 Å². The van der Waals surface area contributed by atoms with E-state index in [9.17, 15) is 9.50 Å². The number of piperidine rings is 1. The van der Waals surface area contributed by atoms with Crippen LogP contribution in [0.2, 0.25) is 0 Å². The molecule has 0 aromatic heterocycles. The number of hydrogen-bond acceptors (Lipinski definition) is 2. The monoisotopic (exact) mass is 251 g/mol. The lowest BCUT2D eigenvalue weighted by atomic mass is 9.93. The predicted octanol–water partition coefficient (Wildman–Crippen LogP) is 3.51. The molecule has 0 bridgehead atoms. The Morgan fingerprint density at radius 2 is 2.06 bits per heavy atom. The largest absolute Gasteiger partial charge is 0.389 e. The van der Waals surface area contributed by atoms with Crippen molar-refractivity contribution < 1.29 is 9.50 Å². The zero-order valence-corrected chi connectivity index (χ0v) is 11.2. The molecule has 1 aliphatic rings. The van der Waals surface area contributed by atoms with Crippen LogP contribution in [0.3, 0.4) is 0 Å². The summed E-state index contributed by atoms with van der Waals surface area (Å²) in [6.45, 7) is 5.93. The number of anilines is 1. The molecule has 1 heterocycles. The second kappa shape index (κ2) is 5.70. The fourth-order valence-corrected chi connectivity index (χ4v) is 2.73. The van der Waals surface area contributed by atoms with E-state index in [1.54, 1.807) is 13.0 Å². The molecule has 18 heavy (non-hydrogen) atoms. The Bertz CT molecular complexity index is 397. The summed E-state index contributed by atoms with van der Waals surface area (Å²) in [7, 11) is 0. The number of aliphatic hydroxyl groups excluding tert-OH is 1. The summed E-state index contributed by atoms with van der Waals surface area (Å²) in [5.74, 6) is 0.537. The molecular weight excluding hydrogens is 229 g/mol. The van der Waals surface area contributed by atoms with Crippen molar-refractivity contribution in [3.63, 3.8) is 0 Å². The van der Waals surface area contributed by atoms with Crippen LogP contribution in [0.15, 0.2) is 18.2 Å². The Labute approximate surface area is 108 Å². The second-order valence-electron chi connectivity index (χ2n) is 5.22. The molecular formula is C15H22FNO. The van der Waals surface area contributed by atoms with Crippen LogP contribution in [0.25, 0.3) is 0 Å². The van der Waals surface area contributed by atoms with Gasteiger partial charge in [-0.1, -0.05) is 13.3 Å². The second-order valence-corrected chi connectivity index (χ2v) is 5.22. The predicted molar refractivity (Wildman–Crippen MR) is 72.3 cm³/mol. The zero-order valence-electron chi connectivity index (χ0n) is 11.2. The highest BCUT2D eigenvalue weighted by Crippen LogP contribution is 2.31. The molecule has 2 rings (SSSR count). The zero-order chi connectivity index (χ0) is 13.1. The molecule has 3 heteroatoms. The van der Waals surface area contributed by atoms with Crippen LogP contribution < -0.4 is 4.90 Å². The van der Waals surface area contributed by atoms with Crippen LogP contribution in [-0.2, 0) is 0 Å². The molecule has 0 radical (unpaired) electrons. The molecule has 2 nitrogen and oxygen atoms in total. The third kappa shape index (κ3) is 2.83. The molecule has 0 amide bonds. The molecule has 0 unspecified atom stereocenters. The minimum Gasteiger partial charge on any atom is -0.389 e. The van der Waals surface area contributed by atoms with Crippen LogP contribution in [0.1, 0.15) is 44.8 Å². The first-order valence-corrected chi connectivity index (χ1v) is 6.84. The van der Waals surface area contributed by atoms with E-state index in [2.05, 4.69) is 11.8 Å². The Morgan fingerprint density at radius 1 is 1.39 bits per heavy atom. The van der Waals surface area contributed by atoms with Gasteiger partial charge in [-0.05, 0) is 43.9 Å². The van der Waals surface area contributed by atoms with E-state index in [4.69, 9.17) is 0 Å². The van der Waals surface area contributed by atoms with E-state index in [1.807, 2.05) is 0 Å². The highest BCUT2D eigenvalue weighted by Gasteiger charge is 2.21. The molecule has 1 aromatic rings. The SMILES string of the molecule is CCC1CCN(c2ccc(F)cc2[C@@H](C)O)CC1. The minimum atomic E-state index is -0.625. The summed E-state index contributed by atoms with van der Waals surface area (Å²) < 4.78 is 13.3. The van der Waals surface area contributed by atoms with Crippen molar-refractivity contribution in [2.45, 2.75) is 39.2 Å². The van der Waals surface area contributed by atoms with E-state index < -0.39 is 6.10 Å². The average Bonchev–Trinajstić information content (AvgIpc) is 2.39. The van der Waals surface area contributed by atoms with E-state index in [-0.39, 0.29) is 5.82 Å². The van der Waals surface area contributed by atoms with Gasteiger partial charge in [0, 0.05) is 24.3 Å². The average molecular weight is 251 g/mol. The fraction of sp³-hybridized carbons (Fsp3) is 0.600. The van der Waals surface area contributed by atoms with Crippen molar-refractivity contribution in [3.8, 4) is 0 Å². The van der Waals surface area contributed by atoms with Crippen molar-refractivity contribution >= 4 is 5.69 Å². The van der Waals surface area contributed by atoms with Gasteiger partial charge < -0.3 is 10.0 Å². The number of aliphatic hydroxyl groups is 1. The van der Waals surface area contributed by atoms with Gasteiger partial charge in [0.1, 0.15) is 5.82 Å². The van der Waals surface area contributed by atoms with Gasteiger partial charge >= 0.3 is 0 Å². The van der Waals surface area contributed by atoms with Gasteiger partial charge in [-0.2, -0.15) is 0 Å². The summed E-state index contributed by atoms with van der Waals surface area (Å²) in [4.78, 5) is 2.27. The third-order valence-electron chi connectivity index (χ3n) is 3.97. The van der Waals surface area contributed by atoms with Crippen molar-refractivity contribution in [2.24, 2.45) is 5.92 Å². The van der Waals surface area contributed by atoms with Gasteiger partial charge in [0.15, 0.2) is 0 Å². The lowest BCUT2D eigenvalue weighted by molar-refractivity contribution is 0.199. The molecule has 100 valence electrons. The van der Waals surface area contributed by atoms with Crippen molar-refractivity contribution in [3.05, 3.63) is 29.6 Å². The van der Waals surface area contributed by atoms with Crippen molar-refractivity contribution in [1.29, 1.82) is 0 Å². The molecule has 1 atom stereocenters. The lowest BCUT2D eigenvalue weighted by Crippen LogP contribution is -2.34. The normalized spacial score (nSPS) is 19.0. The highest BCUT2D eigenvalue weighted by atomic mass is 19.1. The third-order valence-corrected chi connectivity index (χ3v) is 3.97. The van der Waals surface area contributed by atoms with Crippen LogP contribution >= 0.6 is 0 Å². The van der Waals surface area contributed by atoms with Gasteiger partial charge in [0.2, 0.25) is 0 Å². The molecule has 0 spiro atoms. The molecule has 1 aliphatic heterocycles. The Kier molecular flexibility index (Phi) is 4.23. The number of hydrogen-bond donors (Lipinski definition) is 1. The molecule has 1 fully saturated rings. The quantitative estimate of drug-likeness (QED) is 0.888. The molecule has 1 saturated heterocycles. The Morgan fingerprint density at radius 3 is 2.61 bits per heavy atom.